The quantitative estimate of drug-likeness (QED) is 0.458. The van der Waals surface area contributed by atoms with Crippen LogP contribution in [0, 0.1) is 0 Å². The van der Waals surface area contributed by atoms with Gasteiger partial charge in [-0.3, -0.25) is 9.59 Å². The molecule has 18 heavy (non-hydrogen) atoms. The van der Waals surface area contributed by atoms with Crippen molar-refractivity contribution in [1.82, 2.24) is 0 Å². The summed E-state index contributed by atoms with van der Waals surface area (Å²) in [5, 5.41) is 0. The lowest BCUT2D eigenvalue weighted by atomic mass is 10.0. The van der Waals surface area contributed by atoms with Crippen LogP contribution in [0.3, 0.4) is 0 Å². The lowest BCUT2D eigenvalue weighted by Gasteiger charge is -2.03. The number of carbonyl (C=O) groups is 2. The Hall–Kier alpha value is -2.42. The van der Waals surface area contributed by atoms with Gasteiger partial charge in [0, 0.05) is 16.7 Å². The SMILES string of the molecule is O=C1Cc2ccc(C(=O)c3ccccc3)cc2O1. The van der Waals surface area contributed by atoms with E-state index in [1.54, 1.807) is 30.3 Å². The minimum atomic E-state index is -0.269. The number of hydrogen-bond donors (Lipinski definition) is 0. The Kier molecular flexibility index (Phi) is 2.45. The number of ether oxygens (including phenoxy) is 1. The summed E-state index contributed by atoms with van der Waals surface area (Å²) < 4.78 is 5.04. The molecule has 0 saturated heterocycles. The topological polar surface area (TPSA) is 43.4 Å². The second-order valence-corrected chi connectivity index (χ2v) is 4.17. The Morgan fingerprint density at radius 3 is 2.56 bits per heavy atom. The molecule has 0 bridgehead atoms. The Labute approximate surface area is 104 Å². The van der Waals surface area contributed by atoms with Gasteiger partial charge in [0.2, 0.25) is 0 Å². The molecule has 1 aliphatic rings. The third kappa shape index (κ3) is 1.80. The van der Waals surface area contributed by atoms with E-state index >= 15 is 0 Å². The van der Waals surface area contributed by atoms with Crippen molar-refractivity contribution >= 4 is 11.8 Å². The van der Waals surface area contributed by atoms with Gasteiger partial charge in [0.15, 0.2) is 5.78 Å². The fraction of sp³-hybridized carbons (Fsp3) is 0.0667. The van der Waals surface area contributed by atoms with Crippen molar-refractivity contribution in [3.8, 4) is 5.75 Å². The number of hydrogen-bond acceptors (Lipinski definition) is 3. The minimum absolute atomic E-state index is 0.0682. The molecule has 0 N–H and O–H groups in total. The molecule has 1 heterocycles. The maximum Gasteiger partial charge on any atom is 0.315 e. The largest absolute Gasteiger partial charge is 0.426 e. The zero-order valence-corrected chi connectivity index (χ0v) is 9.55. The highest BCUT2D eigenvalue weighted by molar-refractivity contribution is 6.09. The summed E-state index contributed by atoms with van der Waals surface area (Å²) in [6.07, 6.45) is 0.287. The van der Waals surface area contributed by atoms with Gasteiger partial charge in [-0.15, -0.1) is 0 Å². The molecule has 0 aliphatic carbocycles. The van der Waals surface area contributed by atoms with E-state index in [9.17, 15) is 9.59 Å². The predicted molar refractivity (Wildman–Crippen MR) is 65.7 cm³/mol. The average molecular weight is 238 g/mol. The van der Waals surface area contributed by atoms with Crippen LogP contribution < -0.4 is 4.74 Å². The molecule has 2 aromatic carbocycles. The number of ketones is 1. The summed E-state index contributed by atoms with van der Waals surface area (Å²) >= 11 is 0. The Morgan fingerprint density at radius 1 is 1.00 bits per heavy atom. The lowest BCUT2D eigenvalue weighted by Crippen LogP contribution is -2.01. The molecule has 0 fully saturated rings. The van der Waals surface area contributed by atoms with E-state index in [1.807, 2.05) is 18.2 Å². The van der Waals surface area contributed by atoms with Gasteiger partial charge in [-0.25, -0.2) is 0 Å². The van der Waals surface area contributed by atoms with E-state index in [0.717, 1.165) is 5.56 Å². The minimum Gasteiger partial charge on any atom is -0.426 e. The van der Waals surface area contributed by atoms with Gasteiger partial charge < -0.3 is 4.74 Å². The summed E-state index contributed by atoms with van der Waals surface area (Å²) in [6, 6.07) is 14.2. The van der Waals surface area contributed by atoms with E-state index in [0.29, 0.717) is 16.9 Å². The Morgan fingerprint density at radius 2 is 1.78 bits per heavy atom. The highest BCUT2D eigenvalue weighted by Gasteiger charge is 2.21. The average Bonchev–Trinajstić information content (AvgIpc) is 2.78. The number of fused-ring (bicyclic) bond motifs is 1. The molecule has 88 valence electrons. The zero-order chi connectivity index (χ0) is 12.5. The first-order chi connectivity index (χ1) is 8.74. The molecule has 2 aromatic rings. The van der Waals surface area contributed by atoms with E-state index in [1.165, 1.54) is 0 Å². The normalized spacial score (nSPS) is 13.0. The third-order valence-corrected chi connectivity index (χ3v) is 2.92. The Bertz CT molecular complexity index is 629. The van der Waals surface area contributed by atoms with Crippen molar-refractivity contribution in [2.45, 2.75) is 6.42 Å². The highest BCUT2D eigenvalue weighted by atomic mass is 16.5. The predicted octanol–water partition coefficient (Wildman–Crippen LogP) is 2.38. The van der Waals surface area contributed by atoms with Crippen molar-refractivity contribution < 1.29 is 14.3 Å². The van der Waals surface area contributed by atoms with Crippen LogP contribution in [0.4, 0.5) is 0 Å². The molecular weight excluding hydrogens is 228 g/mol. The highest BCUT2D eigenvalue weighted by Crippen LogP contribution is 2.27. The molecule has 0 aromatic heterocycles. The van der Waals surface area contributed by atoms with Gasteiger partial charge in [-0.05, 0) is 6.07 Å². The van der Waals surface area contributed by atoms with Gasteiger partial charge in [0.05, 0.1) is 6.42 Å². The monoisotopic (exact) mass is 238 g/mol. The summed E-state index contributed by atoms with van der Waals surface area (Å²) in [5.41, 5.74) is 2.00. The summed E-state index contributed by atoms with van der Waals surface area (Å²) in [6.45, 7) is 0. The summed E-state index contributed by atoms with van der Waals surface area (Å²) in [4.78, 5) is 23.3. The van der Waals surface area contributed by atoms with Crippen LogP contribution in [0.25, 0.3) is 0 Å². The first-order valence-electron chi connectivity index (χ1n) is 5.67. The molecular formula is C15H10O3. The number of rotatable bonds is 2. The molecule has 0 radical (unpaired) electrons. The van der Waals surface area contributed by atoms with E-state index in [2.05, 4.69) is 0 Å². The first kappa shape index (κ1) is 10.7. The van der Waals surface area contributed by atoms with Crippen molar-refractivity contribution in [2.75, 3.05) is 0 Å². The second kappa shape index (κ2) is 4.11. The molecule has 3 rings (SSSR count). The number of benzene rings is 2. The van der Waals surface area contributed by atoms with Crippen LogP contribution in [-0.2, 0) is 11.2 Å². The van der Waals surface area contributed by atoms with Crippen LogP contribution in [0.2, 0.25) is 0 Å². The van der Waals surface area contributed by atoms with Crippen LogP contribution in [0.1, 0.15) is 21.5 Å². The van der Waals surface area contributed by atoms with Crippen LogP contribution in [-0.4, -0.2) is 11.8 Å². The van der Waals surface area contributed by atoms with Crippen molar-refractivity contribution in [1.29, 1.82) is 0 Å². The van der Waals surface area contributed by atoms with Crippen LogP contribution in [0.5, 0.6) is 5.75 Å². The number of esters is 1. The molecule has 0 atom stereocenters. The van der Waals surface area contributed by atoms with Crippen molar-refractivity contribution in [3.05, 3.63) is 65.2 Å². The summed E-state index contributed by atoms with van der Waals surface area (Å²) in [5.74, 6) is 0.164. The molecule has 0 saturated carbocycles. The molecule has 1 aliphatic heterocycles. The first-order valence-corrected chi connectivity index (χ1v) is 5.67. The fourth-order valence-corrected chi connectivity index (χ4v) is 2.01. The van der Waals surface area contributed by atoms with E-state index < -0.39 is 0 Å². The Balaban J connectivity index is 1.97. The molecule has 0 unspecified atom stereocenters. The van der Waals surface area contributed by atoms with Gasteiger partial charge in [-0.2, -0.15) is 0 Å². The molecule has 3 nitrogen and oxygen atoms in total. The number of carbonyl (C=O) groups excluding carboxylic acids is 2. The van der Waals surface area contributed by atoms with E-state index in [-0.39, 0.29) is 18.2 Å². The van der Waals surface area contributed by atoms with Gasteiger partial charge in [0.1, 0.15) is 5.75 Å². The maximum atomic E-state index is 12.2. The maximum absolute atomic E-state index is 12.2. The molecule has 0 amide bonds. The van der Waals surface area contributed by atoms with Crippen molar-refractivity contribution in [3.63, 3.8) is 0 Å². The van der Waals surface area contributed by atoms with Crippen LogP contribution >= 0.6 is 0 Å². The van der Waals surface area contributed by atoms with Gasteiger partial charge in [0.25, 0.3) is 0 Å². The standard InChI is InChI=1S/C15H10O3/c16-14-9-11-6-7-12(8-13(11)18-14)15(17)10-4-2-1-3-5-10/h1-8H,9H2. The van der Waals surface area contributed by atoms with Gasteiger partial charge in [-0.1, -0.05) is 42.5 Å². The van der Waals surface area contributed by atoms with Crippen molar-refractivity contribution in [2.24, 2.45) is 0 Å². The zero-order valence-electron chi connectivity index (χ0n) is 9.55. The van der Waals surface area contributed by atoms with E-state index in [4.69, 9.17) is 4.74 Å². The second-order valence-electron chi connectivity index (χ2n) is 4.17. The summed E-state index contributed by atoms with van der Waals surface area (Å²) in [7, 11) is 0. The van der Waals surface area contributed by atoms with Gasteiger partial charge >= 0.3 is 5.97 Å². The third-order valence-electron chi connectivity index (χ3n) is 2.92. The van der Waals surface area contributed by atoms with Crippen LogP contribution in [0.15, 0.2) is 48.5 Å². The molecule has 3 heteroatoms. The fourth-order valence-electron chi connectivity index (χ4n) is 2.01. The smallest absolute Gasteiger partial charge is 0.315 e. The lowest BCUT2D eigenvalue weighted by molar-refractivity contribution is -0.131. The molecule has 0 spiro atoms.